The first-order valence-electron chi connectivity index (χ1n) is 4.58. The van der Waals surface area contributed by atoms with Gasteiger partial charge >= 0.3 is 0 Å². The smallest absolute Gasteiger partial charge is 0.0573 e. The van der Waals surface area contributed by atoms with Gasteiger partial charge in [0.05, 0.1) is 12.6 Å². The molecule has 2 unspecified atom stereocenters. The summed E-state index contributed by atoms with van der Waals surface area (Å²) >= 11 is 0. The van der Waals surface area contributed by atoms with Gasteiger partial charge in [-0.25, -0.2) is 0 Å². The summed E-state index contributed by atoms with van der Waals surface area (Å²) in [7, 11) is 0. The molecule has 0 aromatic carbocycles. The van der Waals surface area contributed by atoms with Gasteiger partial charge in [0.25, 0.3) is 0 Å². The van der Waals surface area contributed by atoms with E-state index in [1.165, 1.54) is 6.42 Å². The minimum Gasteiger partial charge on any atom is -0.378 e. The molecule has 0 aromatic heterocycles. The maximum atomic E-state index is 5.45. The second kappa shape index (κ2) is 5.18. The van der Waals surface area contributed by atoms with Crippen molar-refractivity contribution in [2.75, 3.05) is 19.7 Å². The molecular weight excluding hydrogens is 150 g/mol. The Bertz CT molecular complexity index is 162. The van der Waals surface area contributed by atoms with E-state index in [1.807, 2.05) is 0 Å². The Morgan fingerprint density at radius 3 is 3.17 bits per heavy atom. The third kappa shape index (κ3) is 3.25. The maximum Gasteiger partial charge on any atom is 0.0573 e. The van der Waals surface area contributed by atoms with Gasteiger partial charge in [0.2, 0.25) is 0 Å². The van der Waals surface area contributed by atoms with Crippen molar-refractivity contribution in [2.24, 2.45) is 5.92 Å². The number of hydrogen-bond donors (Lipinski definition) is 1. The topological polar surface area (TPSA) is 21.3 Å². The summed E-state index contributed by atoms with van der Waals surface area (Å²) in [5.41, 5.74) is 0. The number of ether oxygens (including phenoxy) is 1. The maximum absolute atomic E-state index is 5.45. The lowest BCUT2D eigenvalue weighted by Gasteiger charge is -2.27. The Hall–Kier alpha value is -0.520. The molecule has 1 aliphatic rings. The predicted octanol–water partition coefficient (Wildman–Crippen LogP) is 1.02. The quantitative estimate of drug-likeness (QED) is 0.500. The van der Waals surface area contributed by atoms with E-state index in [4.69, 9.17) is 11.2 Å². The first-order valence-corrected chi connectivity index (χ1v) is 4.58. The molecule has 0 bridgehead atoms. The van der Waals surface area contributed by atoms with Crippen molar-refractivity contribution in [3.05, 3.63) is 0 Å². The standard InChI is InChI=1S/C10H17NO/c1-3-5-11-8-10-4-6-12-9(2)7-10/h1,9-11H,4-8H2,2H3. The van der Waals surface area contributed by atoms with E-state index in [0.29, 0.717) is 12.6 Å². The Kier molecular flexibility index (Phi) is 4.13. The van der Waals surface area contributed by atoms with Crippen LogP contribution < -0.4 is 5.32 Å². The summed E-state index contributed by atoms with van der Waals surface area (Å²) in [6.07, 6.45) is 7.89. The van der Waals surface area contributed by atoms with Crippen LogP contribution in [0.3, 0.4) is 0 Å². The van der Waals surface area contributed by atoms with Gasteiger partial charge in [0, 0.05) is 6.61 Å². The van der Waals surface area contributed by atoms with Crippen LogP contribution in [0.2, 0.25) is 0 Å². The van der Waals surface area contributed by atoms with Gasteiger partial charge in [-0.05, 0) is 32.2 Å². The molecule has 0 radical (unpaired) electrons. The van der Waals surface area contributed by atoms with E-state index in [2.05, 4.69) is 18.2 Å². The predicted molar refractivity (Wildman–Crippen MR) is 49.8 cm³/mol. The second-order valence-corrected chi connectivity index (χ2v) is 3.41. The molecule has 1 saturated heterocycles. The van der Waals surface area contributed by atoms with Crippen LogP contribution in [0.4, 0.5) is 0 Å². The average molecular weight is 167 g/mol. The highest BCUT2D eigenvalue weighted by atomic mass is 16.5. The van der Waals surface area contributed by atoms with Crippen molar-refractivity contribution < 1.29 is 4.74 Å². The third-order valence-electron chi connectivity index (χ3n) is 2.25. The van der Waals surface area contributed by atoms with E-state index in [-0.39, 0.29) is 0 Å². The first-order chi connectivity index (χ1) is 5.83. The molecule has 0 amide bonds. The van der Waals surface area contributed by atoms with Gasteiger partial charge in [-0.3, -0.25) is 0 Å². The molecule has 2 nitrogen and oxygen atoms in total. The zero-order valence-electron chi connectivity index (χ0n) is 7.68. The summed E-state index contributed by atoms with van der Waals surface area (Å²) < 4.78 is 5.45. The Balaban J connectivity index is 2.11. The van der Waals surface area contributed by atoms with Crippen LogP contribution in [-0.2, 0) is 4.74 Å². The summed E-state index contributed by atoms with van der Waals surface area (Å²) in [5, 5.41) is 3.23. The van der Waals surface area contributed by atoms with E-state index < -0.39 is 0 Å². The molecule has 0 saturated carbocycles. The average Bonchev–Trinajstić information content (AvgIpc) is 2.05. The minimum atomic E-state index is 0.427. The Morgan fingerprint density at radius 1 is 1.67 bits per heavy atom. The SMILES string of the molecule is C#CCNCC1CCOC(C)C1. The Morgan fingerprint density at radius 2 is 2.50 bits per heavy atom. The normalized spacial score (nSPS) is 29.7. The summed E-state index contributed by atoms with van der Waals surface area (Å²) in [6, 6.07) is 0. The summed E-state index contributed by atoms with van der Waals surface area (Å²) in [4.78, 5) is 0. The fourth-order valence-electron chi connectivity index (χ4n) is 1.63. The summed E-state index contributed by atoms with van der Waals surface area (Å²) in [5.74, 6) is 3.33. The molecule has 2 atom stereocenters. The molecular formula is C10H17NO. The van der Waals surface area contributed by atoms with E-state index in [9.17, 15) is 0 Å². The molecule has 12 heavy (non-hydrogen) atoms. The molecule has 1 heterocycles. The molecule has 1 fully saturated rings. The monoisotopic (exact) mass is 167 g/mol. The van der Waals surface area contributed by atoms with Crippen molar-refractivity contribution in [3.8, 4) is 12.3 Å². The molecule has 0 aromatic rings. The van der Waals surface area contributed by atoms with Crippen molar-refractivity contribution in [1.82, 2.24) is 5.32 Å². The molecule has 1 N–H and O–H groups in total. The minimum absolute atomic E-state index is 0.427. The van der Waals surface area contributed by atoms with Crippen LogP contribution in [0.1, 0.15) is 19.8 Å². The fourth-order valence-corrected chi connectivity index (χ4v) is 1.63. The lowest BCUT2D eigenvalue weighted by Crippen LogP contribution is -2.31. The van der Waals surface area contributed by atoms with Crippen LogP contribution in [-0.4, -0.2) is 25.8 Å². The van der Waals surface area contributed by atoms with Crippen LogP contribution in [0.25, 0.3) is 0 Å². The van der Waals surface area contributed by atoms with Gasteiger partial charge in [-0.15, -0.1) is 6.42 Å². The van der Waals surface area contributed by atoms with E-state index in [1.54, 1.807) is 0 Å². The molecule has 1 rings (SSSR count). The lowest BCUT2D eigenvalue weighted by atomic mass is 9.96. The van der Waals surface area contributed by atoms with Crippen LogP contribution in [0.15, 0.2) is 0 Å². The van der Waals surface area contributed by atoms with E-state index >= 15 is 0 Å². The van der Waals surface area contributed by atoms with Gasteiger partial charge in [-0.2, -0.15) is 0 Å². The van der Waals surface area contributed by atoms with Crippen molar-refractivity contribution >= 4 is 0 Å². The van der Waals surface area contributed by atoms with Crippen LogP contribution >= 0.6 is 0 Å². The molecule has 68 valence electrons. The lowest BCUT2D eigenvalue weighted by molar-refractivity contribution is 0.00316. The highest BCUT2D eigenvalue weighted by Gasteiger charge is 2.18. The van der Waals surface area contributed by atoms with Crippen molar-refractivity contribution in [2.45, 2.75) is 25.9 Å². The number of rotatable bonds is 3. The largest absolute Gasteiger partial charge is 0.378 e. The molecule has 2 heteroatoms. The van der Waals surface area contributed by atoms with Gasteiger partial charge in [0.15, 0.2) is 0 Å². The fraction of sp³-hybridized carbons (Fsp3) is 0.800. The van der Waals surface area contributed by atoms with Crippen LogP contribution in [0, 0.1) is 18.3 Å². The summed E-state index contributed by atoms with van der Waals surface area (Å²) in [6.45, 7) is 4.76. The molecule has 0 spiro atoms. The van der Waals surface area contributed by atoms with Gasteiger partial charge < -0.3 is 10.1 Å². The van der Waals surface area contributed by atoms with E-state index in [0.717, 1.165) is 25.5 Å². The highest BCUT2D eigenvalue weighted by molar-refractivity contribution is 4.87. The zero-order chi connectivity index (χ0) is 8.81. The Labute approximate surface area is 74.7 Å². The van der Waals surface area contributed by atoms with Crippen LogP contribution in [0.5, 0.6) is 0 Å². The highest BCUT2D eigenvalue weighted by Crippen LogP contribution is 2.18. The number of nitrogens with one attached hydrogen (secondary N) is 1. The van der Waals surface area contributed by atoms with Gasteiger partial charge in [0.1, 0.15) is 0 Å². The molecule has 1 aliphatic heterocycles. The number of hydrogen-bond acceptors (Lipinski definition) is 2. The first kappa shape index (κ1) is 9.57. The number of terminal acetylenes is 1. The van der Waals surface area contributed by atoms with Gasteiger partial charge in [-0.1, -0.05) is 5.92 Å². The molecule has 0 aliphatic carbocycles. The third-order valence-corrected chi connectivity index (χ3v) is 2.25. The van der Waals surface area contributed by atoms with Crippen molar-refractivity contribution in [3.63, 3.8) is 0 Å². The zero-order valence-corrected chi connectivity index (χ0v) is 7.68. The van der Waals surface area contributed by atoms with Crippen molar-refractivity contribution in [1.29, 1.82) is 0 Å². The second-order valence-electron chi connectivity index (χ2n) is 3.41.